The van der Waals surface area contributed by atoms with Crippen molar-refractivity contribution in [2.45, 2.75) is 0 Å². The standard InChI is InChI=1S/C13H8Cl3FO/c1-18-12-4-7(2-3-11(12)17)13-9(15)5-8(14)6-10(13)16/h2-6H,1H3. The van der Waals surface area contributed by atoms with Gasteiger partial charge >= 0.3 is 0 Å². The molecule has 0 amide bonds. The van der Waals surface area contributed by atoms with Crippen molar-refractivity contribution in [3.05, 3.63) is 51.2 Å². The minimum absolute atomic E-state index is 0.134. The average Bonchev–Trinajstić information content (AvgIpc) is 2.30. The van der Waals surface area contributed by atoms with Crippen molar-refractivity contribution in [1.82, 2.24) is 0 Å². The van der Waals surface area contributed by atoms with Gasteiger partial charge in [0.25, 0.3) is 0 Å². The van der Waals surface area contributed by atoms with Gasteiger partial charge in [0.1, 0.15) is 0 Å². The van der Waals surface area contributed by atoms with Crippen LogP contribution in [-0.4, -0.2) is 7.11 Å². The summed E-state index contributed by atoms with van der Waals surface area (Å²) in [5.74, 6) is -0.308. The lowest BCUT2D eigenvalue weighted by Crippen LogP contribution is -1.90. The Balaban J connectivity index is 2.62. The summed E-state index contributed by atoms with van der Waals surface area (Å²) in [6.07, 6.45) is 0. The molecule has 0 saturated heterocycles. The van der Waals surface area contributed by atoms with E-state index in [0.717, 1.165) is 0 Å². The number of benzene rings is 2. The zero-order chi connectivity index (χ0) is 13.3. The molecule has 0 heterocycles. The van der Waals surface area contributed by atoms with Crippen LogP contribution in [0.15, 0.2) is 30.3 Å². The van der Waals surface area contributed by atoms with E-state index in [-0.39, 0.29) is 5.75 Å². The van der Waals surface area contributed by atoms with Gasteiger partial charge in [-0.1, -0.05) is 40.9 Å². The van der Waals surface area contributed by atoms with E-state index in [2.05, 4.69) is 0 Å². The first-order valence-electron chi connectivity index (χ1n) is 5.01. The van der Waals surface area contributed by atoms with Gasteiger partial charge in [0.15, 0.2) is 11.6 Å². The monoisotopic (exact) mass is 304 g/mol. The fourth-order valence-corrected chi connectivity index (χ4v) is 2.67. The Hall–Kier alpha value is -0.960. The van der Waals surface area contributed by atoms with Gasteiger partial charge < -0.3 is 4.74 Å². The van der Waals surface area contributed by atoms with Crippen LogP contribution in [0, 0.1) is 5.82 Å². The summed E-state index contributed by atoms with van der Waals surface area (Å²) in [7, 11) is 1.40. The van der Waals surface area contributed by atoms with Crippen molar-refractivity contribution in [2.75, 3.05) is 7.11 Å². The van der Waals surface area contributed by atoms with E-state index >= 15 is 0 Å². The Labute approximate surface area is 119 Å². The third-order valence-corrected chi connectivity index (χ3v) is 3.26. The molecule has 0 unspecified atom stereocenters. The van der Waals surface area contributed by atoms with Gasteiger partial charge in [-0.05, 0) is 29.8 Å². The lowest BCUT2D eigenvalue weighted by molar-refractivity contribution is 0.387. The molecule has 0 atom stereocenters. The normalized spacial score (nSPS) is 10.5. The fourth-order valence-electron chi connectivity index (χ4n) is 1.63. The molecule has 0 aliphatic heterocycles. The lowest BCUT2D eigenvalue weighted by Gasteiger charge is -2.10. The van der Waals surface area contributed by atoms with Crippen LogP contribution < -0.4 is 4.74 Å². The minimum atomic E-state index is -0.442. The predicted molar refractivity (Wildman–Crippen MR) is 73.4 cm³/mol. The molecule has 18 heavy (non-hydrogen) atoms. The van der Waals surface area contributed by atoms with E-state index in [9.17, 15) is 4.39 Å². The van der Waals surface area contributed by atoms with Crippen LogP contribution in [0.2, 0.25) is 15.1 Å². The van der Waals surface area contributed by atoms with Crippen LogP contribution in [0.5, 0.6) is 5.75 Å². The SMILES string of the molecule is COc1cc(-c2c(Cl)cc(Cl)cc2Cl)ccc1F. The molecule has 0 bridgehead atoms. The molecule has 1 nitrogen and oxygen atoms in total. The Morgan fingerprint density at radius 3 is 2.17 bits per heavy atom. The molecule has 0 fully saturated rings. The number of halogens is 4. The molecule has 2 rings (SSSR count). The molecule has 0 spiro atoms. The summed E-state index contributed by atoms with van der Waals surface area (Å²) in [4.78, 5) is 0. The molecule has 0 N–H and O–H groups in total. The summed E-state index contributed by atoms with van der Waals surface area (Å²) >= 11 is 18.0. The van der Waals surface area contributed by atoms with E-state index in [1.807, 2.05) is 0 Å². The number of rotatable bonds is 2. The smallest absolute Gasteiger partial charge is 0.165 e. The van der Waals surface area contributed by atoms with Crippen LogP contribution in [0.25, 0.3) is 11.1 Å². The second-order valence-electron chi connectivity index (χ2n) is 3.59. The van der Waals surface area contributed by atoms with Gasteiger partial charge in [0.05, 0.1) is 17.2 Å². The molecule has 2 aromatic rings. The highest BCUT2D eigenvalue weighted by Gasteiger charge is 2.12. The molecule has 2 aromatic carbocycles. The zero-order valence-electron chi connectivity index (χ0n) is 9.31. The van der Waals surface area contributed by atoms with Crippen molar-refractivity contribution in [3.63, 3.8) is 0 Å². The van der Waals surface area contributed by atoms with Crippen LogP contribution in [0.1, 0.15) is 0 Å². The average molecular weight is 306 g/mol. The van der Waals surface area contributed by atoms with Gasteiger partial charge in [-0.15, -0.1) is 0 Å². The fraction of sp³-hybridized carbons (Fsp3) is 0.0769. The van der Waals surface area contributed by atoms with Gasteiger partial charge in [0, 0.05) is 10.6 Å². The van der Waals surface area contributed by atoms with Gasteiger partial charge in [0.2, 0.25) is 0 Å². The van der Waals surface area contributed by atoms with Crippen molar-refractivity contribution in [3.8, 4) is 16.9 Å². The highest BCUT2D eigenvalue weighted by atomic mass is 35.5. The molecule has 0 aromatic heterocycles. The summed E-state index contributed by atoms with van der Waals surface area (Å²) in [5.41, 5.74) is 1.26. The highest BCUT2D eigenvalue weighted by molar-refractivity contribution is 6.41. The summed E-state index contributed by atoms with van der Waals surface area (Å²) in [6.45, 7) is 0. The zero-order valence-corrected chi connectivity index (χ0v) is 11.6. The Morgan fingerprint density at radius 1 is 1.00 bits per heavy atom. The van der Waals surface area contributed by atoms with Gasteiger partial charge in [-0.2, -0.15) is 0 Å². The maximum Gasteiger partial charge on any atom is 0.165 e. The molecular weight excluding hydrogens is 297 g/mol. The Kier molecular flexibility index (Phi) is 4.00. The largest absolute Gasteiger partial charge is 0.494 e. The first kappa shape index (κ1) is 13.5. The third kappa shape index (κ3) is 2.56. The molecule has 5 heteroatoms. The second kappa shape index (κ2) is 5.35. The number of hydrogen-bond donors (Lipinski definition) is 0. The summed E-state index contributed by atoms with van der Waals surface area (Å²) < 4.78 is 18.3. The van der Waals surface area contributed by atoms with Crippen LogP contribution >= 0.6 is 34.8 Å². The van der Waals surface area contributed by atoms with Crippen LogP contribution in [0.4, 0.5) is 4.39 Å². The minimum Gasteiger partial charge on any atom is -0.494 e. The second-order valence-corrected chi connectivity index (χ2v) is 4.84. The van der Waals surface area contributed by atoms with E-state index in [1.54, 1.807) is 18.2 Å². The van der Waals surface area contributed by atoms with E-state index in [4.69, 9.17) is 39.5 Å². The highest BCUT2D eigenvalue weighted by Crippen LogP contribution is 2.38. The molecule has 0 radical (unpaired) electrons. The van der Waals surface area contributed by atoms with E-state index in [0.29, 0.717) is 26.2 Å². The van der Waals surface area contributed by atoms with Crippen LogP contribution in [-0.2, 0) is 0 Å². The van der Waals surface area contributed by atoms with E-state index < -0.39 is 5.82 Å². The quantitative estimate of drug-likeness (QED) is 0.715. The van der Waals surface area contributed by atoms with Crippen molar-refractivity contribution in [1.29, 1.82) is 0 Å². The number of ether oxygens (including phenoxy) is 1. The van der Waals surface area contributed by atoms with Crippen molar-refractivity contribution in [2.24, 2.45) is 0 Å². The first-order chi connectivity index (χ1) is 8.52. The maximum atomic E-state index is 13.3. The first-order valence-corrected chi connectivity index (χ1v) is 6.14. The lowest BCUT2D eigenvalue weighted by atomic mass is 10.1. The van der Waals surface area contributed by atoms with Crippen LogP contribution in [0.3, 0.4) is 0 Å². The number of methoxy groups -OCH3 is 1. The topological polar surface area (TPSA) is 9.23 Å². The molecule has 0 saturated carbocycles. The van der Waals surface area contributed by atoms with E-state index in [1.165, 1.54) is 19.2 Å². The van der Waals surface area contributed by atoms with Gasteiger partial charge in [-0.25, -0.2) is 4.39 Å². The van der Waals surface area contributed by atoms with Crippen molar-refractivity contribution >= 4 is 34.8 Å². The Morgan fingerprint density at radius 2 is 1.61 bits per heavy atom. The molecule has 0 aliphatic carbocycles. The molecular formula is C13H8Cl3FO. The molecule has 0 aliphatic rings. The third-order valence-electron chi connectivity index (χ3n) is 2.45. The van der Waals surface area contributed by atoms with Gasteiger partial charge in [-0.3, -0.25) is 0 Å². The summed E-state index contributed by atoms with van der Waals surface area (Å²) in [5, 5.41) is 1.25. The Bertz CT molecular complexity index is 576. The van der Waals surface area contributed by atoms with Crippen molar-refractivity contribution < 1.29 is 9.13 Å². The predicted octanol–water partition coefficient (Wildman–Crippen LogP) is 5.46. The maximum absolute atomic E-state index is 13.3. The number of hydrogen-bond acceptors (Lipinski definition) is 1. The molecule has 94 valence electrons. The summed E-state index contributed by atoms with van der Waals surface area (Å²) in [6, 6.07) is 7.59.